The number of sulfonamides is 1. The number of hydrogen-bond acceptors (Lipinski definition) is 5. The van der Waals surface area contributed by atoms with Gasteiger partial charge in [0.25, 0.3) is 10.0 Å². The minimum absolute atomic E-state index is 0.0759. The molecule has 0 amide bonds. The maximum absolute atomic E-state index is 12.3. The number of ether oxygens (including phenoxy) is 1. The van der Waals surface area contributed by atoms with Crippen LogP contribution in [0.15, 0.2) is 76.2 Å². The summed E-state index contributed by atoms with van der Waals surface area (Å²) in [5.74, 6) is 0.712. The first-order valence-corrected chi connectivity index (χ1v) is 9.15. The summed E-state index contributed by atoms with van der Waals surface area (Å²) in [6.07, 6.45) is 1.42. The number of rotatable bonds is 5. The molecule has 1 aromatic heterocycles. The van der Waals surface area contributed by atoms with Crippen LogP contribution in [0.1, 0.15) is 0 Å². The Labute approximate surface area is 147 Å². The minimum Gasteiger partial charge on any atom is -0.438 e. The summed E-state index contributed by atoms with van der Waals surface area (Å²) in [4.78, 5) is 8.20. The van der Waals surface area contributed by atoms with Crippen molar-refractivity contribution in [2.45, 2.75) is 4.90 Å². The van der Waals surface area contributed by atoms with E-state index in [9.17, 15) is 8.42 Å². The van der Waals surface area contributed by atoms with Crippen LogP contribution in [0, 0.1) is 0 Å². The molecular weight excluding hydrogens is 394 g/mol. The van der Waals surface area contributed by atoms with Gasteiger partial charge in [-0.1, -0.05) is 36.4 Å². The molecule has 0 spiro atoms. The zero-order valence-electron chi connectivity index (χ0n) is 12.3. The summed E-state index contributed by atoms with van der Waals surface area (Å²) >= 11 is 3.29. The van der Waals surface area contributed by atoms with Gasteiger partial charge in [-0.25, -0.2) is 18.1 Å². The van der Waals surface area contributed by atoms with Crippen molar-refractivity contribution < 1.29 is 13.2 Å². The van der Waals surface area contributed by atoms with E-state index in [4.69, 9.17) is 4.74 Å². The van der Waals surface area contributed by atoms with Crippen molar-refractivity contribution in [1.82, 2.24) is 9.97 Å². The summed E-state index contributed by atoms with van der Waals surface area (Å²) in [5, 5.41) is 0. The first kappa shape index (κ1) is 16.4. The Balaban J connectivity index is 1.86. The van der Waals surface area contributed by atoms with Crippen LogP contribution in [0.25, 0.3) is 0 Å². The minimum atomic E-state index is -3.76. The molecule has 0 fully saturated rings. The lowest BCUT2D eigenvalue weighted by molar-refractivity contribution is 0.459. The summed E-state index contributed by atoms with van der Waals surface area (Å²) in [5.41, 5.74) is 0. The quantitative estimate of drug-likeness (QED) is 0.697. The lowest BCUT2D eigenvalue weighted by Crippen LogP contribution is -2.15. The largest absolute Gasteiger partial charge is 0.438 e. The van der Waals surface area contributed by atoms with Crippen LogP contribution in [-0.4, -0.2) is 18.4 Å². The van der Waals surface area contributed by atoms with Gasteiger partial charge in [-0.2, -0.15) is 4.98 Å². The number of para-hydroxylation sites is 1. The second-order valence-corrected chi connectivity index (χ2v) is 7.22. The van der Waals surface area contributed by atoms with Crippen molar-refractivity contribution in [1.29, 1.82) is 0 Å². The number of aromatic nitrogens is 2. The van der Waals surface area contributed by atoms with E-state index in [1.54, 1.807) is 30.3 Å². The molecule has 2 aromatic carbocycles. The van der Waals surface area contributed by atoms with Crippen LogP contribution < -0.4 is 9.46 Å². The van der Waals surface area contributed by atoms with E-state index in [1.807, 2.05) is 18.2 Å². The average molecular weight is 406 g/mol. The van der Waals surface area contributed by atoms with Gasteiger partial charge in [0.1, 0.15) is 5.75 Å². The smallest absolute Gasteiger partial charge is 0.264 e. The molecule has 122 valence electrons. The van der Waals surface area contributed by atoms with Crippen LogP contribution in [0.2, 0.25) is 0 Å². The van der Waals surface area contributed by atoms with E-state index >= 15 is 0 Å². The molecule has 0 radical (unpaired) electrons. The van der Waals surface area contributed by atoms with E-state index < -0.39 is 10.0 Å². The highest BCUT2D eigenvalue weighted by molar-refractivity contribution is 9.10. The Hall–Kier alpha value is -2.45. The predicted molar refractivity (Wildman–Crippen MR) is 93.5 cm³/mol. The van der Waals surface area contributed by atoms with Gasteiger partial charge in [0.05, 0.1) is 15.6 Å². The number of nitrogens with one attached hydrogen (secondary N) is 1. The molecule has 0 aliphatic rings. The Bertz CT molecular complexity index is 935. The number of anilines is 1. The number of benzene rings is 2. The second-order valence-electron chi connectivity index (χ2n) is 4.68. The van der Waals surface area contributed by atoms with Crippen LogP contribution in [0.5, 0.6) is 11.6 Å². The molecule has 0 unspecified atom stereocenters. The number of nitrogens with zero attached hydrogens (tertiary/aromatic N) is 2. The topological polar surface area (TPSA) is 81.2 Å². The normalized spacial score (nSPS) is 11.0. The predicted octanol–water partition coefficient (Wildman–Crippen LogP) is 3.83. The van der Waals surface area contributed by atoms with Crippen molar-refractivity contribution in [3.63, 3.8) is 0 Å². The first-order chi connectivity index (χ1) is 11.5. The summed E-state index contributed by atoms with van der Waals surface area (Å²) in [7, 11) is -3.76. The molecule has 0 atom stereocenters. The van der Waals surface area contributed by atoms with Gasteiger partial charge >= 0.3 is 0 Å². The van der Waals surface area contributed by atoms with Gasteiger partial charge in [-0.05, 0) is 40.2 Å². The number of halogens is 1. The monoisotopic (exact) mass is 405 g/mol. The molecular formula is C16H12BrN3O3S. The molecule has 3 aromatic rings. The SMILES string of the molecule is O=S(=O)(Nc1ncc(Br)c(Oc2ccccc2)n1)c1ccccc1. The average Bonchev–Trinajstić information content (AvgIpc) is 2.59. The zero-order valence-corrected chi connectivity index (χ0v) is 14.7. The maximum atomic E-state index is 12.3. The van der Waals surface area contributed by atoms with Crippen LogP contribution >= 0.6 is 15.9 Å². The van der Waals surface area contributed by atoms with Gasteiger partial charge in [-0.15, -0.1) is 0 Å². The van der Waals surface area contributed by atoms with Crippen LogP contribution in [-0.2, 0) is 10.0 Å². The maximum Gasteiger partial charge on any atom is 0.264 e. The number of hydrogen-bond donors (Lipinski definition) is 1. The third-order valence-electron chi connectivity index (χ3n) is 2.95. The van der Waals surface area contributed by atoms with Crippen molar-refractivity contribution in [2.75, 3.05) is 4.72 Å². The van der Waals surface area contributed by atoms with E-state index in [1.165, 1.54) is 18.3 Å². The summed E-state index contributed by atoms with van der Waals surface area (Å²) < 4.78 is 33.1. The van der Waals surface area contributed by atoms with Crippen LogP contribution in [0.4, 0.5) is 5.95 Å². The molecule has 0 saturated carbocycles. The molecule has 0 aliphatic carbocycles. The summed E-state index contributed by atoms with van der Waals surface area (Å²) in [6.45, 7) is 0. The zero-order chi connectivity index (χ0) is 17.0. The van der Waals surface area contributed by atoms with Gasteiger partial charge < -0.3 is 4.74 Å². The third kappa shape index (κ3) is 3.90. The molecule has 1 heterocycles. The molecule has 0 saturated heterocycles. The van der Waals surface area contributed by atoms with E-state index in [2.05, 4.69) is 30.6 Å². The van der Waals surface area contributed by atoms with Crippen molar-refractivity contribution in [3.8, 4) is 11.6 Å². The molecule has 6 nitrogen and oxygen atoms in total. The lowest BCUT2D eigenvalue weighted by Gasteiger charge is -2.10. The highest BCUT2D eigenvalue weighted by atomic mass is 79.9. The Morgan fingerprint density at radius 1 is 0.958 bits per heavy atom. The van der Waals surface area contributed by atoms with E-state index in [0.29, 0.717) is 10.2 Å². The fraction of sp³-hybridized carbons (Fsp3) is 0. The first-order valence-electron chi connectivity index (χ1n) is 6.88. The molecule has 0 bridgehead atoms. The molecule has 24 heavy (non-hydrogen) atoms. The fourth-order valence-corrected chi connectivity index (χ4v) is 3.10. The standard InChI is InChI=1S/C16H12BrN3O3S/c17-14-11-18-16(19-15(14)23-12-7-3-1-4-8-12)20-24(21,22)13-9-5-2-6-10-13/h1-11H,(H,18,19,20). The molecule has 8 heteroatoms. The Morgan fingerprint density at radius 3 is 2.25 bits per heavy atom. The molecule has 0 aliphatic heterocycles. The van der Waals surface area contributed by atoms with E-state index in [0.717, 1.165) is 0 Å². The van der Waals surface area contributed by atoms with Gasteiger partial charge in [0.15, 0.2) is 0 Å². The highest BCUT2D eigenvalue weighted by Crippen LogP contribution is 2.28. The van der Waals surface area contributed by atoms with Gasteiger partial charge in [-0.3, -0.25) is 0 Å². The third-order valence-corrected chi connectivity index (χ3v) is 4.84. The van der Waals surface area contributed by atoms with Crippen molar-refractivity contribution >= 4 is 31.9 Å². The molecule has 1 N–H and O–H groups in total. The molecule has 3 rings (SSSR count). The fourth-order valence-electron chi connectivity index (χ4n) is 1.85. The van der Waals surface area contributed by atoms with Crippen LogP contribution in [0.3, 0.4) is 0 Å². The Kier molecular flexibility index (Phi) is 4.77. The highest BCUT2D eigenvalue weighted by Gasteiger charge is 2.16. The van der Waals surface area contributed by atoms with Crippen molar-refractivity contribution in [2.24, 2.45) is 0 Å². The van der Waals surface area contributed by atoms with Gasteiger partial charge in [0, 0.05) is 0 Å². The van der Waals surface area contributed by atoms with Crippen molar-refractivity contribution in [3.05, 3.63) is 71.3 Å². The second kappa shape index (κ2) is 6.98. The van der Waals surface area contributed by atoms with Gasteiger partial charge in [0.2, 0.25) is 11.8 Å². The van der Waals surface area contributed by atoms with E-state index in [-0.39, 0.29) is 16.7 Å². The summed E-state index contributed by atoms with van der Waals surface area (Å²) in [6, 6.07) is 17.0. The Morgan fingerprint density at radius 2 is 1.58 bits per heavy atom. The lowest BCUT2D eigenvalue weighted by atomic mass is 10.3.